The van der Waals surface area contributed by atoms with Gasteiger partial charge in [-0.2, -0.15) is 18.2 Å². The monoisotopic (exact) mass is 465 g/mol. The lowest BCUT2D eigenvalue weighted by Crippen LogP contribution is -2.36. The Kier molecular flexibility index (Phi) is 7.22. The summed E-state index contributed by atoms with van der Waals surface area (Å²) in [6, 6.07) is 9.71. The molecule has 0 N–H and O–H groups in total. The first kappa shape index (κ1) is 23.8. The maximum atomic E-state index is 13.1. The summed E-state index contributed by atoms with van der Waals surface area (Å²) in [5.74, 6) is 0.344. The quantitative estimate of drug-likeness (QED) is 0.144. The minimum absolute atomic E-state index is 0.0456. The molecule has 2 aromatic rings. The number of amidine groups is 1. The molecule has 0 aromatic heterocycles. The molecule has 2 aromatic carbocycles. The van der Waals surface area contributed by atoms with Gasteiger partial charge < -0.3 is 4.90 Å². The van der Waals surface area contributed by atoms with Gasteiger partial charge in [-0.05, 0) is 61.6 Å². The Morgan fingerprint density at radius 2 is 1.81 bits per heavy atom. The Bertz CT molecular complexity index is 1030. The highest BCUT2D eigenvalue weighted by Crippen LogP contribution is 2.40. The van der Waals surface area contributed by atoms with E-state index in [-0.39, 0.29) is 15.6 Å². The molecule has 1 aliphatic heterocycles. The van der Waals surface area contributed by atoms with E-state index in [1.807, 2.05) is 11.8 Å². The molecule has 1 aliphatic rings. The lowest BCUT2D eigenvalue weighted by Gasteiger charge is -2.34. The molecule has 0 aliphatic carbocycles. The predicted molar refractivity (Wildman–Crippen MR) is 117 cm³/mol. The fourth-order valence-corrected chi connectivity index (χ4v) is 4.79. The number of aryl methyl sites for hydroxylation is 2. The van der Waals surface area contributed by atoms with Crippen molar-refractivity contribution in [2.24, 2.45) is 4.99 Å². The van der Waals surface area contributed by atoms with Crippen LogP contribution in [0.25, 0.3) is 0 Å². The van der Waals surface area contributed by atoms with Crippen LogP contribution in [0.3, 0.4) is 0 Å². The predicted octanol–water partition coefficient (Wildman–Crippen LogP) is 5.71. The molecule has 0 bridgehead atoms. The van der Waals surface area contributed by atoms with E-state index in [0.717, 1.165) is 30.7 Å². The van der Waals surface area contributed by atoms with E-state index < -0.39 is 22.4 Å². The Labute approximate surface area is 187 Å². The van der Waals surface area contributed by atoms with Gasteiger partial charge in [0.05, 0.1) is 15.4 Å². The molecule has 0 spiro atoms. The fourth-order valence-electron chi connectivity index (χ4n) is 3.74. The van der Waals surface area contributed by atoms with Crippen molar-refractivity contribution < 1.29 is 22.9 Å². The summed E-state index contributed by atoms with van der Waals surface area (Å²) in [5, 5.41) is 11.7. The third-order valence-corrected chi connectivity index (χ3v) is 6.73. The summed E-state index contributed by atoms with van der Waals surface area (Å²) in [6.45, 7) is 4.55. The van der Waals surface area contributed by atoms with Gasteiger partial charge in [-0.25, -0.2) is 0 Å². The Balaban J connectivity index is 1.82. The number of nitro groups is 1. The molecule has 3 rings (SSSR count). The number of carbonyl (C=O) groups is 1. The molecular weight excluding hydrogens is 443 g/mol. The average Bonchev–Trinajstić information content (AvgIpc) is 2.74. The van der Waals surface area contributed by atoms with Gasteiger partial charge >= 0.3 is 6.18 Å². The largest absolute Gasteiger partial charge is 0.416 e. The first-order chi connectivity index (χ1) is 15.1. The van der Waals surface area contributed by atoms with Crippen LogP contribution in [0.1, 0.15) is 41.0 Å². The average molecular weight is 465 g/mol. The molecule has 10 heteroatoms. The van der Waals surface area contributed by atoms with E-state index in [0.29, 0.717) is 31.5 Å². The summed E-state index contributed by atoms with van der Waals surface area (Å²) in [5.41, 5.74) is 0.765. The van der Waals surface area contributed by atoms with E-state index in [9.17, 15) is 28.1 Å². The van der Waals surface area contributed by atoms with Crippen LogP contribution in [-0.2, 0) is 11.0 Å². The van der Waals surface area contributed by atoms with Crippen LogP contribution in [0, 0.1) is 24.0 Å². The van der Waals surface area contributed by atoms with Crippen LogP contribution in [0.5, 0.6) is 0 Å². The second kappa shape index (κ2) is 9.72. The van der Waals surface area contributed by atoms with Crippen LogP contribution in [0.2, 0.25) is 0 Å². The highest BCUT2D eigenvalue weighted by molar-refractivity contribution is 8.14. The lowest BCUT2D eigenvalue weighted by molar-refractivity contribution is -0.388. The van der Waals surface area contributed by atoms with Gasteiger partial charge in [-0.1, -0.05) is 29.8 Å². The van der Waals surface area contributed by atoms with Crippen LogP contribution in [0.15, 0.2) is 46.3 Å². The number of halogens is 3. The Morgan fingerprint density at radius 1 is 1.19 bits per heavy atom. The van der Waals surface area contributed by atoms with E-state index in [4.69, 9.17) is 0 Å². The smallest absolute Gasteiger partial charge is 0.351 e. The number of nitro benzene ring substituents is 1. The van der Waals surface area contributed by atoms with Crippen molar-refractivity contribution in [3.63, 3.8) is 0 Å². The zero-order valence-electron chi connectivity index (χ0n) is 17.6. The molecular formula is C22H22F3N3O3S. The van der Waals surface area contributed by atoms with Crippen LogP contribution in [0.4, 0.5) is 18.9 Å². The number of amides is 1. The molecule has 1 amide bonds. The van der Waals surface area contributed by atoms with Crippen LogP contribution < -0.4 is 0 Å². The number of alkyl halides is 3. The molecule has 32 heavy (non-hydrogen) atoms. The number of hydrogen-bond donors (Lipinski definition) is 0. The number of carbonyl (C=O) groups excluding carboxylic acids is 1. The molecule has 0 unspecified atom stereocenters. The van der Waals surface area contributed by atoms with E-state index in [2.05, 4.69) is 29.3 Å². The lowest BCUT2D eigenvalue weighted by atomic mass is 9.89. The number of hydrogen-bond acceptors (Lipinski definition) is 4. The van der Waals surface area contributed by atoms with Crippen LogP contribution in [-0.4, -0.2) is 34.5 Å². The molecule has 1 fully saturated rings. The summed E-state index contributed by atoms with van der Waals surface area (Å²) in [4.78, 5) is 27.5. The van der Waals surface area contributed by atoms with Crippen molar-refractivity contribution in [1.82, 2.24) is 4.90 Å². The van der Waals surface area contributed by atoms with E-state index in [1.54, 1.807) is 0 Å². The minimum Gasteiger partial charge on any atom is -0.351 e. The van der Waals surface area contributed by atoms with Gasteiger partial charge in [-0.15, -0.1) is 0 Å². The summed E-state index contributed by atoms with van der Waals surface area (Å²) < 4.78 is 39.3. The topological polar surface area (TPSA) is 75.8 Å². The van der Waals surface area contributed by atoms with Crippen molar-refractivity contribution in [2.45, 2.75) is 43.7 Å². The van der Waals surface area contributed by atoms with Gasteiger partial charge in [-0.3, -0.25) is 14.9 Å². The number of likely N-dealkylation sites (tertiary alicyclic amines) is 1. The van der Waals surface area contributed by atoms with Crippen LogP contribution >= 0.6 is 11.8 Å². The molecule has 170 valence electrons. The number of aliphatic imine (C=N–C) groups is 1. The highest BCUT2D eigenvalue weighted by atomic mass is 32.2. The number of thioether (sulfide) groups is 1. The van der Waals surface area contributed by atoms with Crippen molar-refractivity contribution in [3.8, 4) is 0 Å². The van der Waals surface area contributed by atoms with Gasteiger partial charge in [0.25, 0.3) is 5.69 Å². The van der Waals surface area contributed by atoms with Crippen molar-refractivity contribution >= 4 is 29.0 Å². The fraction of sp³-hybridized carbons (Fsp3) is 0.364. The van der Waals surface area contributed by atoms with Gasteiger partial charge in [0.15, 0.2) is 5.17 Å². The Morgan fingerprint density at radius 3 is 2.34 bits per heavy atom. The maximum absolute atomic E-state index is 13.1. The number of nitrogens with zero attached hydrogens (tertiary/aromatic N) is 3. The summed E-state index contributed by atoms with van der Waals surface area (Å²) >= 11 is 0.855. The van der Waals surface area contributed by atoms with Crippen molar-refractivity contribution in [3.05, 3.63) is 68.8 Å². The van der Waals surface area contributed by atoms with E-state index >= 15 is 0 Å². The normalized spacial score (nSPS) is 15.7. The van der Waals surface area contributed by atoms with Gasteiger partial charge in [0.1, 0.15) is 0 Å². The Hall–Kier alpha value is -2.88. The maximum Gasteiger partial charge on any atom is 0.416 e. The second-order valence-electron chi connectivity index (χ2n) is 7.69. The standard InChI is InChI=1S/C22H22F3N3O3S/c1-14-3-5-16(6-4-14)17-7-9-27(10-8-17)21(26-13-29)32-20-15(2)11-18(22(23,24)25)12-19(20)28(30)31/h3-6,11-13,17H,7-10H2,1-2H3. The van der Waals surface area contributed by atoms with E-state index in [1.165, 1.54) is 18.1 Å². The summed E-state index contributed by atoms with van der Waals surface area (Å²) in [7, 11) is 0. The summed E-state index contributed by atoms with van der Waals surface area (Å²) in [6.07, 6.45) is -2.75. The molecule has 6 nitrogen and oxygen atoms in total. The minimum atomic E-state index is -4.70. The number of benzene rings is 2. The second-order valence-corrected chi connectivity index (χ2v) is 8.66. The van der Waals surface area contributed by atoms with Gasteiger partial charge in [0.2, 0.25) is 6.41 Å². The third-order valence-electron chi connectivity index (χ3n) is 5.45. The first-order valence-electron chi connectivity index (χ1n) is 9.97. The molecule has 0 saturated carbocycles. The zero-order valence-corrected chi connectivity index (χ0v) is 18.4. The van der Waals surface area contributed by atoms with Crippen molar-refractivity contribution in [1.29, 1.82) is 0 Å². The molecule has 1 saturated heterocycles. The zero-order chi connectivity index (χ0) is 23.5. The number of rotatable bonds is 4. The van der Waals surface area contributed by atoms with Gasteiger partial charge in [0, 0.05) is 19.2 Å². The SMILES string of the molecule is Cc1ccc(C2CCN(C(=NC=O)Sc3c(C)cc(C(F)(F)F)cc3[N+](=O)[O-])CC2)cc1. The first-order valence-corrected chi connectivity index (χ1v) is 10.8. The molecule has 1 heterocycles. The molecule has 0 atom stereocenters. The third kappa shape index (κ3) is 5.48. The molecule has 0 radical (unpaired) electrons. The van der Waals surface area contributed by atoms with Crippen molar-refractivity contribution in [2.75, 3.05) is 13.1 Å². The number of piperidine rings is 1. The highest BCUT2D eigenvalue weighted by Gasteiger charge is 2.35.